The zero-order valence-electron chi connectivity index (χ0n) is 15.9. The summed E-state index contributed by atoms with van der Waals surface area (Å²) in [5, 5.41) is 9.08. The average Bonchev–Trinajstić information content (AvgIpc) is 2.73. The highest BCUT2D eigenvalue weighted by molar-refractivity contribution is 5.94. The van der Waals surface area contributed by atoms with Gasteiger partial charge in [-0.2, -0.15) is 0 Å². The van der Waals surface area contributed by atoms with Crippen LogP contribution in [0.4, 0.5) is 0 Å². The Hall–Kier alpha value is -2.37. The second-order valence-electron chi connectivity index (χ2n) is 7.55. The molecular weight excluding hydrogens is 344 g/mol. The summed E-state index contributed by atoms with van der Waals surface area (Å²) in [4.78, 5) is 40.1. The molecule has 0 aromatic heterocycles. The lowest BCUT2D eigenvalue weighted by Gasteiger charge is -2.37. The quantitative estimate of drug-likeness (QED) is 0.880. The molecule has 6 heteroatoms. The fraction of sp³-hybridized carbons (Fsp3) is 0.571. The van der Waals surface area contributed by atoms with Crippen molar-refractivity contribution in [2.45, 2.75) is 39.0 Å². The van der Waals surface area contributed by atoms with Crippen LogP contribution in [0.1, 0.15) is 48.5 Å². The van der Waals surface area contributed by atoms with E-state index in [0.717, 1.165) is 6.42 Å². The predicted octanol–water partition coefficient (Wildman–Crippen LogP) is 2.42. The second-order valence-corrected chi connectivity index (χ2v) is 7.55. The molecule has 1 heterocycles. The summed E-state index contributed by atoms with van der Waals surface area (Å²) in [6.07, 6.45) is 3.41. The summed E-state index contributed by atoms with van der Waals surface area (Å²) in [5.41, 5.74) is 1.90. The molecule has 0 unspecified atom stereocenters. The standard InChI is InChI=1S/C21H28N2O4/c1-2-15-3-5-16(6-4-15)19(24)22-11-13-23(14-12-22)20(25)17-7-9-18(10-8-17)21(26)27/h3-6,17-18H,2,7-14H2,1H3,(H,26,27). The molecule has 1 aromatic carbocycles. The van der Waals surface area contributed by atoms with E-state index in [1.165, 1.54) is 5.56 Å². The van der Waals surface area contributed by atoms with Gasteiger partial charge in [-0.3, -0.25) is 14.4 Å². The third-order valence-corrected chi connectivity index (χ3v) is 5.91. The zero-order valence-corrected chi connectivity index (χ0v) is 15.9. The molecule has 0 radical (unpaired) electrons. The molecule has 0 spiro atoms. The van der Waals surface area contributed by atoms with Gasteiger partial charge in [0.05, 0.1) is 5.92 Å². The first kappa shape index (κ1) is 19.4. The molecule has 0 bridgehead atoms. The smallest absolute Gasteiger partial charge is 0.306 e. The molecule has 1 saturated carbocycles. The average molecular weight is 372 g/mol. The monoisotopic (exact) mass is 372 g/mol. The molecule has 1 saturated heterocycles. The van der Waals surface area contributed by atoms with Crippen molar-refractivity contribution in [1.82, 2.24) is 9.80 Å². The molecule has 6 nitrogen and oxygen atoms in total. The van der Waals surface area contributed by atoms with Crippen LogP contribution < -0.4 is 0 Å². The van der Waals surface area contributed by atoms with Gasteiger partial charge >= 0.3 is 5.97 Å². The third kappa shape index (κ3) is 4.49. The zero-order chi connectivity index (χ0) is 19.4. The number of carbonyl (C=O) groups excluding carboxylic acids is 2. The van der Waals surface area contributed by atoms with Crippen LogP contribution in [0.2, 0.25) is 0 Å². The summed E-state index contributed by atoms with van der Waals surface area (Å²) in [6, 6.07) is 7.72. The number of amides is 2. The minimum absolute atomic E-state index is 0.0201. The van der Waals surface area contributed by atoms with Crippen LogP contribution in [-0.2, 0) is 16.0 Å². The van der Waals surface area contributed by atoms with Crippen molar-refractivity contribution in [2.24, 2.45) is 11.8 Å². The van der Waals surface area contributed by atoms with E-state index in [1.54, 1.807) is 0 Å². The second kappa shape index (κ2) is 8.55. The molecular formula is C21H28N2O4. The third-order valence-electron chi connectivity index (χ3n) is 5.91. The Bertz CT molecular complexity index is 685. The van der Waals surface area contributed by atoms with Crippen LogP contribution in [0.15, 0.2) is 24.3 Å². The number of carboxylic acids is 1. The molecule has 2 aliphatic rings. The Balaban J connectivity index is 1.50. The Kier molecular flexibility index (Phi) is 6.14. The van der Waals surface area contributed by atoms with E-state index < -0.39 is 5.97 Å². The molecule has 1 N–H and O–H groups in total. The van der Waals surface area contributed by atoms with Crippen molar-refractivity contribution in [3.05, 3.63) is 35.4 Å². The first-order chi connectivity index (χ1) is 13.0. The van der Waals surface area contributed by atoms with Gasteiger partial charge in [-0.1, -0.05) is 19.1 Å². The highest BCUT2D eigenvalue weighted by atomic mass is 16.4. The van der Waals surface area contributed by atoms with Gasteiger partial charge < -0.3 is 14.9 Å². The van der Waals surface area contributed by atoms with Gasteiger partial charge in [0, 0.05) is 37.7 Å². The number of aryl methyl sites for hydroxylation is 1. The molecule has 0 atom stereocenters. The minimum atomic E-state index is -0.750. The summed E-state index contributed by atoms with van der Waals surface area (Å²) in [7, 11) is 0. The van der Waals surface area contributed by atoms with E-state index in [1.807, 2.05) is 34.1 Å². The minimum Gasteiger partial charge on any atom is -0.481 e. The predicted molar refractivity (Wildman–Crippen MR) is 101 cm³/mol. The van der Waals surface area contributed by atoms with Crippen LogP contribution >= 0.6 is 0 Å². The fourth-order valence-corrected chi connectivity index (χ4v) is 4.04. The van der Waals surface area contributed by atoms with Crippen molar-refractivity contribution in [3.63, 3.8) is 0 Å². The topological polar surface area (TPSA) is 77.9 Å². The molecule has 146 valence electrons. The van der Waals surface area contributed by atoms with Gasteiger partial charge in [0.15, 0.2) is 0 Å². The molecule has 1 aliphatic carbocycles. The maximum atomic E-state index is 12.7. The van der Waals surface area contributed by atoms with Crippen molar-refractivity contribution < 1.29 is 19.5 Å². The van der Waals surface area contributed by atoms with Crippen LogP contribution in [0, 0.1) is 11.8 Å². The fourth-order valence-electron chi connectivity index (χ4n) is 4.04. The van der Waals surface area contributed by atoms with Crippen LogP contribution in [-0.4, -0.2) is 58.9 Å². The summed E-state index contributed by atoms with van der Waals surface area (Å²) >= 11 is 0. The maximum Gasteiger partial charge on any atom is 0.306 e. The largest absolute Gasteiger partial charge is 0.481 e. The van der Waals surface area contributed by atoms with E-state index in [-0.39, 0.29) is 23.7 Å². The van der Waals surface area contributed by atoms with E-state index in [0.29, 0.717) is 57.4 Å². The SMILES string of the molecule is CCc1ccc(C(=O)N2CCN(C(=O)C3CCC(C(=O)O)CC3)CC2)cc1. The molecule has 1 aliphatic heterocycles. The highest BCUT2D eigenvalue weighted by Gasteiger charge is 2.33. The van der Waals surface area contributed by atoms with E-state index in [9.17, 15) is 14.4 Å². The van der Waals surface area contributed by atoms with Gasteiger partial charge in [0.25, 0.3) is 5.91 Å². The molecule has 3 rings (SSSR count). The lowest BCUT2D eigenvalue weighted by molar-refractivity contribution is -0.146. The number of hydrogen-bond acceptors (Lipinski definition) is 3. The Morgan fingerprint density at radius 1 is 0.889 bits per heavy atom. The van der Waals surface area contributed by atoms with Crippen molar-refractivity contribution in [3.8, 4) is 0 Å². The number of benzene rings is 1. The number of hydrogen-bond donors (Lipinski definition) is 1. The van der Waals surface area contributed by atoms with Gasteiger partial charge in [-0.25, -0.2) is 0 Å². The number of piperazine rings is 1. The van der Waals surface area contributed by atoms with Crippen molar-refractivity contribution >= 4 is 17.8 Å². The first-order valence-electron chi connectivity index (χ1n) is 9.89. The maximum absolute atomic E-state index is 12.7. The normalized spacial score (nSPS) is 23.1. The summed E-state index contributed by atoms with van der Waals surface area (Å²) < 4.78 is 0. The van der Waals surface area contributed by atoms with Gasteiger partial charge in [-0.15, -0.1) is 0 Å². The van der Waals surface area contributed by atoms with Crippen LogP contribution in [0.3, 0.4) is 0 Å². The Morgan fingerprint density at radius 3 is 1.93 bits per heavy atom. The number of rotatable bonds is 4. The number of nitrogens with zero attached hydrogens (tertiary/aromatic N) is 2. The number of carbonyl (C=O) groups is 3. The summed E-state index contributed by atoms with van der Waals surface area (Å²) in [6.45, 7) is 4.28. The lowest BCUT2D eigenvalue weighted by Crippen LogP contribution is -2.52. The first-order valence-corrected chi connectivity index (χ1v) is 9.89. The van der Waals surface area contributed by atoms with Gasteiger partial charge in [0.2, 0.25) is 5.91 Å². The lowest BCUT2D eigenvalue weighted by atomic mass is 9.81. The summed E-state index contributed by atoms with van der Waals surface area (Å²) in [5.74, 6) is -0.975. The van der Waals surface area contributed by atoms with E-state index >= 15 is 0 Å². The van der Waals surface area contributed by atoms with Crippen molar-refractivity contribution in [1.29, 1.82) is 0 Å². The molecule has 1 aromatic rings. The van der Waals surface area contributed by atoms with Crippen molar-refractivity contribution in [2.75, 3.05) is 26.2 Å². The van der Waals surface area contributed by atoms with Gasteiger partial charge in [0.1, 0.15) is 0 Å². The number of aliphatic carboxylic acids is 1. The molecule has 2 fully saturated rings. The van der Waals surface area contributed by atoms with Crippen LogP contribution in [0.25, 0.3) is 0 Å². The highest BCUT2D eigenvalue weighted by Crippen LogP contribution is 2.30. The van der Waals surface area contributed by atoms with E-state index in [2.05, 4.69) is 6.92 Å². The number of carboxylic acid groups (broad SMARTS) is 1. The van der Waals surface area contributed by atoms with E-state index in [4.69, 9.17) is 5.11 Å². The molecule has 2 amide bonds. The van der Waals surface area contributed by atoms with Gasteiger partial charge in [-0.05, 0) is 49.8 Å². The Morgan fingerprint density at radius 2 is 1.41 bits per heavy atom. The Labute approximate surface area is 160 Å². The van der Waals surface area contributed by atoms with Crippen LogP contribution in [0.5, 0.6) is 0 Å². The molecule has 27 heavy (non-hydrogen) atoms.